The van der Waals surface area contributed by atoms with Crippen molar-refractivity contribution in [2.75, 3.05) is 13.9 Å². The molecule has 4 rings (SSSR count). The Morgan fingerprint density at radius 1 is 1.14 bits per heavy atom. The Kier molecular flexibility index (Phi) is 2.92. The van der Waals surface area contributed by atoms with Crippen LogP contribution in [-0.4, -0.2) is 24.7 Å². The first-order valence-electron chi connectivity index (χ1n) is 7.10. The number of benzene rings is 2. The minimum Gasteiger partial charge on any atom is -0.497 e. The second-order valence-electron chi connectivity index (χ2n) is 5.34. The largest absolute Gasteiger partial charge is 0.497 e. The molecule has 1 amide bonds. The van der Waals surface area contributed by atoms with Gasteiger partial charge in [0.05, 0.1) is 12.7 Å². The van der Waals surface area contributed by atoms with Gasteiger partial charge in [-0.05, 0) is 29.3 Å². The first-order chi connectivity index (χ1) is 10.8. The molecule has 0 bridgehead atoms. The number of ether oxygens (including phenoxy) is 3. The van der Waals surface area contributed by atoms with Crippen LogP contribution in [0.5, 0.6) is 17.2 Å². The van der Waals surface area contributed by atoms with Crippen molar-refractivity contribution in [1.82, 2.24) is 4.90 Å². The van der Waals surface area contributed by atoms with Crippen molar-refractivity contribution in [3.8, 4) is 17.2 Å². The van der Waals surface area contributed by atoms with E-state index in [-0.39, 0.29) is 12.7 Å². The zero-order valence-corrected chi connectivity index (χ0v) is 12.2. The summed E-state index contributed by atoms with van der Waals surface area (Å²) in [5, 5.41) is 0. The van der Waals surface area contributed by atoms with Gasteiger partial charge in [-0.1, -0.05) is 18.2 Å². The molecule has 2 heterocycles. The molecule has 2 aromatic rings. The predicted molar refractivity (Wildman–Crippen MR) is 79.1 cm³/mol. The third kappa shape index (κ3) is 1.97. The fourth-order valence-corrected chi connectivity index (χ4v) is 2.89. The molecule has 0 saturated heterocycles. The van der Waals surface area contributed by atoms with Gasteiger partial charge in [0.2, 0.25) is 6.79 Å². The van der Waals surface area contributed by atoms with Crippen LogP contribution in [0.25, 0.3) is 0 Å². The maximum atomic E-state index is 12.6. The lowest BCUT2D eigenvalue weighted by Crippen LogP contribution is -2.23. The van der Waals surface area contributed by atoms with E-state index in [1.165, 1.54) is 0 Å². The van der Waals surface area contributed by atoms with Gasteiger partial charge in [-0.3, -0.25) is 4.79 Å². The van der Waals surface area contributed by atoms with Gasteiger partial charge in [0.15, 0.2) is 11.5 Å². The number of carbonyl (C=O) groups is 1. The van der Waals surface area contributed by atoms with Crippen molar-refractivity contribution in [3.05, 3.63) is 53.1 Å². The summed E-state index contributed by atoms with van der Waals surface area (Å²) in [6.45, 7) is 1.33. The van der Waals surface area contributed by atoms with Gasteiger partial charge in [-0.2, -0.15) is 0 Å². The lowest BCUT2D eigenvalue weighted by atomic mass is 10.1. The summed E-state index contributed by atoms with van der Waals surface area (Å²) in [5.41, 5.74) is 2.70. The number of rotatable bonds is 3. The number of amides is 1. The standard InChI is InChI=1S/C17H15NO4/c1-20-13-5-2-11(3-6-13)8-18-9-12-4-7-14-16(22-10-21-14)15(12)17(18)19/h2-7H,8-10H2,1H3. The Balaban J connectivity index is 1.59. The number of carbonyl (C=O) groups excluding carboxylic acids is 1. The van der Waals surface area contributed by atoms with Gasteiger partial charge in [-0.25, -0.2) is 0 Å². The maximum absolute atomic E-state index is 12.6. The summed E-state index contributed by atoms with van der Waals surface area (Å²) >= 11 is 0. The summed E-state index contributed by atoms with van der Waals surface area (Å²) in [7, 11) is 1.64. The molecule has 0 unspecified atom stereocenters. The van der Waals surface area contributed by atoms with Crippen molar-refractivity contribution in [2.45, 2.75) is 13.1 Å². The average Bonchev–Trinajstić information content (AvgIpc) is 3.13. The normalized spacial score (nSPS) is 15.1. The minimum absolute atomic E-state index is 0.00633. The molecule has 2 aliphatic heterocycles. The Morgan fingerprint density at radius 3 is 2.73 bits per heavy atom. The van der Waals surface area contributed by atoms with Crippen LogP contribution in [0.1, 0.15) is 21.5 Å². The zero-order valence-electron chi connectivity index (χ0n) is 12.2. The van der Waals surface area contributed by atoms with E-state index in [1.54, 1.807) is 7.11 Å². The molecule has 0 fully saturated rings. The van der Waals surface area contributed by atoms with Gasteiger partial charge in [0.25, 0.3) is 5.91 Å². The van der Waals surface area contributed by atoms with E-state index in [0.29, 0.717) is 30.2 Å². The molecule has 5 nitrogen and oxygen atoms in total. The predicted octanol–water partition coefficient (Wildman–Crippen LogP) is 2.58. The highest BCUT2D eigenvalue weighted by Gasteiger charge is 2.34. The quantitative estimate of drug-likeness (QED) is 0.873. The molecule has 0 N–H and O–H groups in total. The van der Waals surface area contributed by atoms with Crippen LogP contribution in [0.15, 0.2) is 36.4 Å². The minimum atomic E-state index is -0.00633. The second kappa shape index (κ2) is 4.94. The fraction of sp³-hybridized carbons (Fsp3) is 0.235. The van der Waals surface area contributed by atoms with Crippen molar-refractivity contribution in [2.24, 2.45) is 0 Å². The van der Waals surface area contributed by atoms with Gasteiger partial charge < -0.3 is 19.1 Å². The highest BCUT2D eigenvalue weighted by molar-refractivity contribution is 6.01. The van der Waals surface area contributed by atoms with E-state index in [4.69, 9.17) is 14.2 Å². The monoisotopic (exact) mass is 297 g/mol. The number of hydrogen-bond acceptors (Lipinski definition) is 4. The lowest BCUT2D eigenvalue weighted by molar-refractivity contribution is 0.0763. The SMILES string of the molecule is COc1ccc(CN2Cc3ccc4c(c3C2=O)OCO4)cc1. The van der Waals surface area contributed by atoms with Gasteiger partial charge in [-0.15, -0.1) is 0 Å². The molecule has 5 heteroatoms. The Bertz CT molecular complexity index is 739. The van der Waals surface area contributed by atoms with Crippen molar-refractivity contribution in [3.63, 3.8) is 0 Å². The van der Waals surface area contributed by atoms with Crippen molar-refractivity contribution >= 4 is 5.91 Å². The summed E-state index contributed by atoms with van der Waals surface area (Å²) in [6, 6.07) is 11.5. The van der Waals surface area contributed by atoms with Crippen molar-refractivity contribution in [1.29, 1.82) is 0 Å². The first kappa shape index (κ1) is 13.0. The first-order valence-corrected chi connectivity index (χ1v) is 7.10. The molecule has 0 atom stereocenters. The molecule has 112 valence electrons. The topological polar surface area (TPSA) is 48.0 Å². The lowest BCUT2D eigenvalue weighted by Gasteiger charge is -2.15. The molecule has 0 saturated carbocycles. The van der Waals surface area contributed by atoms with E-state index in [0.717, 1.165) is 16.9 Å². The van der Waals surface area contributed by atoms with Crippen LogP contribution < -0.4 is 14.2 Å². The molecular weight excluding hydrogens is 282 g/mol. The highest BCUT2D eigenvalue weighted by atomic mass is 16.7. The third-order valence-corrected chi connectivity index (χ3v) is 4.02. The Hall–Kier alpha value is -2.69. The number of hydrogen-bond donors (Lipinski definition) is 0. The summed E-state index contributed by atoms with van der Waals surface area (Å²) in [5.74, 6) is 2.04. The Labute approximate surface area is 128 Å². The van der Waals surface area contributed by atoms with Gasteiger partial charge in [0.1, 0.15) is 5.75 Å². The van der Waals surface area contributed by atoms with E-state index in [2.05, 4.69) is 0 Å². The van der Waals surface area contributed by atoms with Crippen LogP contribution in [-0.2, 0) is 13.1 Å². The van der Waals surface area contributed by atoms with Crippen LogP contribution in [0.2, 0.25) is 0 Å². The van der Waals surface area contributed by atoms with Crippen molar-refractivity contribution < 1.29 is 19.0 Å². The molecule has 0 aliphatic carbocycles. The number of fused-ring (bicyclic) bond motifs is 3. The van der Waals surface area contributed by atoms with E-state index in [1.807, 2.05) is 41.3 Å². The maximum Gasteiger partial charge on any atom is 0.258 e. The molecule has 0 radical (unpaired) electrons. The van der Waals surface area contributed by atoms with Crippen LogP contribution in [0.3, 0.4) is 0 Å². The summed E-state index contributed by atoms with van der Waals surface area (Å²) in [4.78, 5) is 14.5. The molecule has 22 heavy (non-hydrogen) atoms. The average molecular weight is 297 g/mol. The van der Waals surface area contributed by atoms with E-state index < -0.39 is 0 Å². The highest BCUT2D eigenvalue weighted by Crippen LogP contribution is 2.41. The smallest absolute Gasteiger partial charge is 0.258 e. The van der Waals surface area contributed by atoms with Crippen LogP contribution in [0, 0.1) is 0 Å². The zero-order chi connectivity index (χ0) is 15.1. The van der Waals surface area contributed by atoms with Crippen LogP contribution in [0.4, 0.5) is 0 Å². The molecule has 2 aromatic carbocycles. The number of nitrogens with zero attached hydrogens (tertiary/aromatic N) is 1. The van der Waals surface area contributed by atoms with Crippen LogP contribution >= 0.6 is 0 Å². The second-order valence-corrected chi connectivity index (χ2v) is 5.34. The Morgan fingerprint density at radius 2 is 1.95 bits per heavy atom. The molecular formula is C17H15NO4. The molecule has 0 spiro atoms. The van der Waals surface area contributed by atoms with Gasteiger partial charge in [0, 0.05) is 13.1 Å². The fourth-order valence-electron chi connectivity index (χ4n) is 2.89. The third-order valence-electron chi connectivity index (χ3n) is 4.02. The molecule has 0 aromatic heterocycles. The van der Waals surface area contributed by atoms with E-state index >= 15 is 0 Å². The van der Waals surface area contributed by atoms with E-state index in [9.17, 15) is 4.79 Å². The van der Waals surface area contributed by atoms with Gasteiger partial charge >= 0.3 is 0 Å². The summed E-state index contributed by atoms with van der Waals surface area (Å²) in [6.07, 6.45) is 0. The summed E-state index contributed by atoms with van der Waals surface area (Å²) < 4.78 is 15.9. The number of methoxy groups -OCH3 is 1. The molecule has 2 aliphatic rings.